The van der Waals surface area contributed by atoms with E-state index >= 15 is 0 Å². The molecule has 1 aromatic heterocycles. The summed E-state index contributed by atoms with van der Waals surface area (Å²) in [4.78, 5) is 5.13. The zero-order valence-electron chi connectivity index (χ0n) is 10.6. The van der Waals surface area contributed by atoms with Gasteiger partial charge in [0.05, 0.1) is 0 Å². The molecule has 5 heteroatoms. The zero-order chi connectivity index (χ0) is 13.7. The van der Waals surface area contributed by atoms with Gasteiger partial charge in [-0.2, -0.15) is 0 Å². The summed E-state index contributed by atoms with van der Waals surface area (Å²) >= 11 is 1.65. The number of nitrogens with zero attached hydrogens (tertiary/aromatic N) is 1. The summed E-state index contributed by atoms with van der Waals surface area (Å²) in [5, 5.41) is 3.23. The lowest BCUT2D eigenvalue weighted by molar-refractivity contribution is 0.626. The molecule has 0 radical (unpaired) electrons. The molecule has 0 aliphatic rings. The number of aromatic nitrogens is 1. The number of nitrogen functional groups attached to an aromatic ring is 1. The van der Waals surface area contributed by atoms with Gasteiger partial charge < -0.3 is 11.1 Å². The van der Waals surface area contributed by atoms with Crippen LogP contribution in [0.4, 0.5) is 10.1 Å². The van der Waals surface area contributed by atoms with Gasteiger partial charge in [-0.3, -0.25) is 4.98 Å². The highest BCUT2D eigenvalue weighted by Gasteiger charge is 2.12. The third-order valence-corrected chi connectivity index (χ3v) is 3.95. The van der Waals surface area contributed by atoms with Gasteiger partial charge in [0.1, 0.15) is 5.82 Å². The van der Waals surface area contributed by atoms with Gasteiger partial charge in [-0.1, -0.05) is 0 Å². The monoisotopic (exact) mass is 277 g/mol. The molecule has 100 valence electrons. The maximum atomic E-state index is 12.8. The molecule has 2 aromatic rings. The van der Waals surface area contributed by atoms with Crippen LogP contribution in [0.1, 0.15) is 11.6 Å². The maximum Gasteiger partial charge on any atom is 0.123 e. The molecule has 3 nitrogen and oxygen atoms in total. The van der Waals surface area contributed by atoms with Crippen LogP contribution in [0.3, 0.4) is 0 Å². The minimum atomic E-state index is -0.217. The van der Waals surface area contributed by atoms with E-state index < -0.39 is 0 Å². The Bertz CT molecular complexity index is 530. The topological polar surface area (TPSA) is 50.9 Å². The molecule has 19 heavy (non-hydrogen) atoms. The van der Waals surface area contributed by atoms with Crippen molar-refractivity contribution >= 4 is 17.4 Å². The predicted molar refractivity (Wildman–Crippen MR) is 77.6 cm³/mol. The van der Waals surface area contributed by atoms with E-state index in [4.69, 9.17) is 5.73 Å². The van der Waals surface area contributed by atoms with Crippen LogP contribution in [0.2, 0.25) is 0 Å². The van der Waals surface area contributed by atoms with Crippen LogP contribution in [-0.2, 0) is 0 Å². The molecule has 1 aromatic carbocycles. The van der Waals surface area contributed by atoms with E-state index in [0.717, 1.165) is 21.9 Å². The van der Waals surface area contributed by atoms with Crippen LogP contribution in [0.15, 0.2) is 47.6 Å². The summed E-state index contributed by atoms with van der Waals surface area (Å²) in [5.74, 6) is 0.587. The van der Waals surface area contributed by atoms with Crippen molar-refractivity contribution in [1.29, 1.82) is 0 Å². The summed E-state index contributed by atoms with van der Waals surface area (Å²) in [6.07, 6.45) is 3.46. The highest BCUT2D eigenvalue weighted by molar-refractivity contribution is 7.99. The second-order valence-electron chi connectivity index (χ2n) is 4.11. The molecular weight excluding hydrogens is 261 g/mol. The first kappa shape index (κ1) is 13.8. The predicted octanol–water partition coefficient (Wildman–Crippen LogP) is 2.86. The molecule has 0 saturated heterocycles. The SMILES string of the molecule is CNC(CSc1ccc(F)cc1)c1cnccc1N. The van der Waals surface area contributed by atoms with E-state index in [0.29, 0.717) is 0 Å². The fraction of sp³-hybridized carbons (Fsp3) is 0.214. The van der Waals surface area contributed by atoms with E-state index in [1.165, 1.54) is 12.1 Å². The number of hydrogen-bond acceptors (Lipinski definition) is 4. The minimum Gasteiger partial charge on any atom is -0.398 e. The summed E-state index contributed by atoms with van der Waals surface area (Å²) in [5.41, 5.74) is 7.66. The van der Waals surface area contributed by atoms with Gasteiger partial charge in [-0.05, 0) is 37.4 Å². The molecule has 1 heterocycles. The molecule has 1 atom stereocenters. The van der Waals surface area contributed by atoms with Crippen molar-refractivity contribution in [2.75, 3.05) is 18.5 Å². The Balaban J connectivity index is 2.04. The van der Waals surface area contributed by atoms with Crippen LogP contribution in [0, 0.1) is 5.82 Å². The standard InChI is InChI=1S/C14H16FN3S/c1-17-14(12-8-18-7-6-13(12)16)9-19-11-4-2-10(15)3-5-11/h2-8,14,17H,9H2,1H3,(H2,16,18). The molecule has 3 N–H and O–H groups in total. The molecule has 0 fully saturated rings. The minimum absolute atomic E-state index is 0.115. The van der Waals surface area contributed by atoms with Crippen molar-refractivity contribution < 1.29 is 4.39 Å². The molecule has 0 aliphatic carbocycles. The van der Waals surface area contributed by atoms with Gasteiger partial charge in [0.15, 0.2) is 0 Å². The number of nitrogens with one attached hydrogen (secondary N) is 1. The number of anilines is 1. The number of pyridine rings is 1. The largest absolute Gasteiger partial charge is 0.398 e. The van der Waals surface area contributed by atoms with E-state index in [1.54, 1.807) is 42.4 Å². The third kappa shape index (κ3) is 3.68. The number of rotatable bonds is 5. The fourth-order valence-electron chi connectivity index (χ4n) is 1.75. The van der Waals surface area contributed by atoms with Crippen LogP contribution in [0.25, 0.3) is 0 Å². The smallest absolute Gasteiger partial charge is 0.123 e. The Morgan fingerprint density at radius 2 is 2.05 bits per heavy atom. The van der Waals surface area contributed by atoms with Crippen LogP contribution in [0.5, 0.6) is 0 Å². The van der Waals surface area contributed by atoms with Crippen LogP contribution < -0.4 is 11.1 Å². The molecule has 2 rings (SSSR count). The first-order valence-corrected chi connectivity index (χ1v) is 6.94. The first-order valence-electron chi connectivity index (χ1n) is 5.95. The van der Waals surface area contributed by atoms with Crippen molar-refractivity contribution in [3.8, 4) is 0 Å². The quantitative estimate of drug-likeness (QED) is 0.825. The van der Waals surface area contributed by atoms with E-state index in [9.17, 15) is 4.39 Å². The van der Waals surface area contributed by atoms with Gasteiger partial charge in [0.2, 0.25) is 0 Å². The van der Waals surface area contributed by atoms with Gasteiger partial charge in [-0.25, -0.2) is 4.39 Å². The Morgan fingerprint density at radius 3 is 2.68 bits per heavy atom. The molecule has 1 unspecified atom stereocenters. The van der Waals surface area contributed by atoms with Crippen LogP contribution >= 0.6 is 11.8 Å². The maximum absolute atomic E-state index is 12.8. The zero-order valence-corrected chi connectivity index (χ0v) is 11.5. The Kier molecular flexibility index (Phi) is 4.76. The number of halogens is 1. The lowest BCUT2D eigenvalue weighted by Gasteiger charge is -2.17. The van der Waals surface area contributed by atoms with E-state index in [1.807, 2.05) is 7.05 Å². The number of hydrogen-bond donors (Lipinski definition) is 2. The van der Waals surface area contributed by atoms with Gasteiger partial charge in [-0.15, -0.1) is 11.8 Å². The summed E-state index contributed by atoms with van der Waals surface area (Å²) in [7, 11) is 1.89. The lowest BCUT2D eigenvalue weighted by atomic mass is 10.1. The van der Waals surface area contributed by atoms with Gasteiger partial charge in [0.25, 0.3) is 0 Å². The Morgan fingerprint density at radius 1 is 1.32 bits per heavy atom. The van der Waals surface area contributed by atoms with Gasteiger partial charge in [0, 0.05) is 40.3 Å². The highest BCUT2D eigenvalue weighted by Crippen LogP contribution is 2.26. The highest BCUT2D eigenvalue weighted by atomic mass is 32.2. The Labute approximate surface area is 116 Å². The average molecular weight is 277 g/mol. The van der Waals surface area contributed by atoms with Crippen molar-refractivity contribution in [3.05, 3.63) is 54.1 Å². The third-order valence-electron chi connectivity index (χ3n) is 2.84. The molecule has 0 bridgehead atoms. The normalized spacial score (nSPS) is 12.3. The molecule has 0 aliphatic heterocycles. The van der Waals surface area contributed by atoms with Crippen molar-refractivity contribution in [3.63, 3.8) is 0 Å². The summed E-state index contributed by atoms with van der Waals surface area (Å²) in [6.45, 7) is 0. The number of nitrogens with two attached hydrogens (primary N) is 1. The molecule has 0 spiro atoms. The van der Waals surface area contributed by atoms with Gasteiger partial charge >= 0.3 is 0 Å². The van der Waals surface area contributed by atoms with E-state index in [2.05, 4.69) is 10.3 Å². The van der Waals surface area contributed by atoms with Crippen molar-refractivity contribution in [1.82, 2.24) is 10.3 Å². The molecule has 0 amide bonds. The Hall–Kier alpha value is -1.59. The number of thioether (sulfide) groups is 1. The second kappa shape index (κ2) is 6.54. The number of benzene rings is 1. The fourth-order valence-corrected chi connectivity index (χ4v) is 2.78. The second-order valence-corrected chi connectivity index (χ2v) is 5.20. The van der Waals surface area contributed by atoms with E-state index in [-0.39, 0.29) is 11.9 Å². The summed E-state index contributed by atoms with van der Waals surface area (Å²) in [6, 6.07) is 8.40. The molecular formula is C14H16FN3S. The van der Waals surface area contributed by atoms with Crippen LogP contribution in [-0.4, -0.2) is 17.8 Å². The lowest BCUT2D eigenvalue weighted by Crippen LogP contribution is -2.20. The first-order chi connectivity index (χ1) is 9.20. The average Bonchev–Trinajstić information content (AvgIpc) is 2.43. The van der Waals surface area contributed by atoms with Crippen molar-refractivity contribution in [2.24, 2.45) is 0 Å². The van der Waals surface area contributed by atoms with Crippen molar-refractivity contribution in [2.45, 2.75) is 10.9 Å². The molecule has 0 saturated carbocycles. The summed E-state index contributed by atoms with van der Waals surface area (Å²) < 4.78 is 12.8.